The first-order chi connectivity index (χ1) is 23.1. The maximum atomic E-state index is 12.9. The van der Waals surface area contributed by atoms with Gasteiger partial charge in [0.05, 0.1) is 4.92 Å². The van der Waals surface area contributed by atoms with Gasteiger partial charge in [-0.25, -0.2) is 0 Å². The number of anilines is 1. The Bertz CT molecular complexity index is 1850. The lowest BCUT2D eigenvalue weighted by Crippen LogP contribution is -2.50. The van der Waals surface area contributed by atoms with Crippen LogP contribution in [0.1, 0.15) is 36.1 Å². The van der Waals surface area contributed by atoms with Gasteiger partial charge in [-0.1, -0.05) is 84.9 Å². The fourth-order valence-electron chi connectivity index (χ4n) is 5.35. The molecule has 12 nitrogen and oxygen atoms in total. The predicted octanol–water partition coefficient (Wildman–Crippen LogP) is 4.76. The van der Waals surface area contributed by atoms with Crippen molar-refractivity contribution in [1.82, 2.24) is 21.6 Å². The first-order valence-electron chi connectivity index (χ1n) is 15.1. The van der Waals surface area contributed by atoms with Crippen LogP contribution in [0.2, 0.25) is 0 Å². The summed E-state index contributed by atoms with van der Waals surface area (Å²) in [6, 6.07) is 32.3. The third-order valence-electron chi connectivity index (χ3n) is 7.74. The Labute approximate surface area is 277 Å². The number of nitrogens with one attached hydrogen (secondary N) is 4. The Kier molecular flexibility index (Phi) is 10.2. The molecule has 4 aromatic rings. The second kappa shape index (κ2) is 14.6. The highest BCUT2D eigenvalue weighted by Crippen LogP contribution is 2.31. The highest BCUT2D eigenvalue weighted by atomic mass is 16.7. The van der Waals surface area contributed by atoms with Crippen molar-refractivity contribution in [2.75, 3.05) is 5.73 Å². The predicted molar refractivity (Wildman–Crippen MR) is 180 cm³/mol. The summed E-state index contributed by atoms with van der Waals surface area (Å²) in [5.41, 5.74) is 13.1. The molecule has 2 heterocycles. The van der Waals surface area contributed by atoms with E-state index < -0.39 is 16.0 Å². The third kappa shape index (κ3) is 7.52. The van der Waals surface area contributed by atoms with Crippen LogP contribution in [-0.2, 0) is 43.4 Å². The molecule has 4 aromatic carbocycles. The summed E-state index contributed by atoms with van der Waals surface area (Å²) in [4.78, 5) is 46.8. The second-order valence-electron chi connectivity index (χ2n) is 11.3. The van der Waals surface area contributed by atoms with Crippen LogP contribution >= 0.6 is 0 Å². The number of amides is 2. The molecule has 246 valence electrons. The van der Waals surface area contributed by atoms with Gasteiger partial charge >= 0.3 is 0 Å². The number of nitro benzene ring substituents is 1. The average Bonchev–Trinajstić information content (AvgIpc) is 3.71. The molecule has 6 N–H and O–H groups in total. The van der Waals surface area contributed by atoms with Crippen LogP contribution in [0.15, 0.2) is 133 Å². The van der Waals surface area contributed by atoms with Gasteiger partial charge in [0.25, 0.3) is 17.5 Å². The van der Waals surface area contributed by atoms with Gasteiger partial charge in [-0.2, -0.15) is 0 Å². The van der Waals surface area contributed by atoms with E-state index in [0.29, 0.717) is 29.3 Å². The fraction of sp³-hybridized carbons (Fsp3) is 0.167. The Morgan fingerprint density at radius 2 is 1.17 bits per heavy atom. The van der Waals surface area contributed by atoms with Crippen molar-refractivity contribution in [1.29, 1.82) is 0 Å². The molecule has 0 saturated heterocycles. The Morgan fingerprint density at radius 3 is 1.58 bits per heavy atom. The number of nitro groups is 1. The van der Waals surface area contributed by atoms with Crippen molar-refractivity contribution in [3.8, 4) is 0 Å². The topological polar surface area (TPSA) is 170 Å². The van der Waals surface area contributed by atoms with Crippen molar-refractivity contribution in [2.45, 2.75) is 38.0 Å². The molecule has 0 saturated carbocycles. The minimum Gasteiger partial charge on any atom is -0.412 e. The van der Waals surface area contributed by atoms with Crippen LogP contribution in [-0.4, -0.2) is 16.7 Å². The lowest BCUT2D eigenvalue weighted by molar-refractivity contribution is -0.384. The molecule has 48 heavy (non-hydrogen) atoms. The molecule has 0 aliphatic carbocycles. The number of nitrogen functional groups attached to an aromatic ring is 1. The van der Waals surface area contributed by atoms with Crippen LogP contribution in [0.5, 0.6) is 0 Å². The van der Waals surface area contributed by atoms with E-state index in [9.17, 15) is 19.7 Å². The molecule has 2 atom stereocenters. The standard InChI is InChI=1S/C18H17N3O4.C18H19N3O2/c1-13-11-18(20-25-13,15-7-3-2-4-8-15)17(22)19-12-14-6-5-9-16(10-14)21(23)24;1-13-11-18(21-23-13,15-7-3-2-4-8-15)17(22)20-12-14-6-5-9-16(19)10-14/h2-11,20H,12H2,1H3,(H,19,22);2-11,21H,12,19H2,1H3,(H,20,22). The molecule has 2 aliphatic heterocycles. The summed E-state index contributed by atoms with van der Waals surface area (Å²) in [6.07, 6.45) is 3.50. The lowest BCUT2D eigenvalue weighted by atomic mass is 9.89. The van der Waals surface area contributed by atoms with E-state index in [4.69, 9.17) is 15.4 Å². The number of benzene rings is 4. The van der Waals surface area contributed by atoms with E-state index in [1.165, 1.54) is 12.1 Å². The summed E-state index contributed by atoms with van der Waals surface area (Å²) in [5, 5.41) is 16.6. The van der Waals surface area contributed by atoms with Gasteiger partial charge in [-0.3, -0.25) is 19.7 Å². The van der Waals surface area contributed by atoms with Gasteiger partial charge in [-0.05, 0) is 60.4 Å². The molecule has 2 amide bonds. The van der Waals surface area contributed by atoms with Crippen molar-refractivity contribution < 1.29 is 24.2 Å². The first-order valence-corrected chi connectivity index (χ1v) is 15.1. The number of hydroxylamine groups is 2. The van der Waals surface area contributed by atoms with E-state index in [1.54, 1.807) is 31.2 Å². The number of non-ortho nitro benzene ring substituents is 1. The van der Waals surface area contributed by atoms with Crippen molar-refractivity contribution in [3.63, 3.8) is 0 Å². The normalized spacial score (nSPS) is 19.4. The number of nitrogens with two attached hydrogens (primary N) is 1. The van der Waals surface area contributed by atoms with Crippen molar-refractivity contribution >= 4 is 23.2 Å². The summed E-state index contributed by atoms with van der Waals surface area (Å²) in [7, 11) is 0. The highest BCUT2D eigenvalue weighted by molar-refractivity contribution is 5.91. The fourth-order valence-corrected chi connectivity index (χ4v) is 5.35. The van der Waals surface area contributed by atoms with Gasteiger partial charge < -0.3 is 26.0 Å². The number of rotatable bonds is 9. The van der Waals surface area contributed by atoms with Gasteiger partial charge in [-0.15, -0.1) is 11.0 Å². The Hall–Kier alpha value is -5.98. The zero-order valence-electron chi connectivity index (χ0n) is 26.4. The molecular formula is C36H36N6O6. The number of hydrogen-bond acceptors (Lipinski definition) is 9. The average molecular weight is 649 g/mol. The number of hydrogen-bond donors (Lipinski definition) is 5. The Balaban J connectivity index is 0.000000188. The molecule has 6 rings (SSSR count). The van der Waals surface area contributed by atoms with Crippen molar-refractivity contribution in [3.05, 3.63) is 165 Å². The van der Waals surface area contributed by atoms with Crippen LogP contribution in [0.4, 0.5) is 11.4 Å². The van der Waals surface area contributed by atoms with Gasteiger partial charge in [0, 0.05) is 30.9 Å². The zero-order chi connectivity index (χ0) is 34.1. The van der Waals surface area contributed by atoms with E-state index in [-0.39, 0.29) is 24.0 Å². The summed E-state index contributed by atoms with van der Waals surface area (Å²) in [6.45, 7) is 4.13. The largest absolute Gasteiger partial charge is 0.412 e. The van der Waals surface area contributed by atoms with E-state index in [1.807, 2.05) is 91.9 Å². The maximum Gasteiger partial charge on any atom is 0.269 e. The van der Waals surface area contributed by atoms with Crippen LogP contribution in [0, 0.1) is 10.1 Å². The summed E-state index contributed by atoms with van der Waals surface area (Å²) < 4.78 is 0. The highest BCUT2D eigenvalue weighted by Gasteiger charge is 2.44. The minimum atomic E-state index is -1.13. The summed E-state index contributed by atoms with van der Waals surface area (Å²) in [5.74, 6) is 0.771. The quantitative estimate of drug-likeness (QED) is 0.0975. The molecule has 2 aliphatic rings. The number of carbonyl (C=O) groups is 2. The second-order valence-corrected chi connectivity index (χ2v) is 11.3. The smallest absolute Gasteiger partial charge is 0.269 e. The van der Waals surface area contributed by atoms with Crippen LogP contribution in [0.3, 0.4) is 0 Å². The summed E-state index contributed by atoms with van der Waals surface area (Å²) >= 11 is 0. The Morgan fingerprint density at radius 1 is 0.708 bits per heavy atom. The SMILES string of the molecule is CC1=CC(C(=O)NCc2cccc(N)c2)(c2ccccc2)NO1.CC1=CC(C(=O)NCc2cccc([N+](=O)[O-])c2)(c2ccccc2)NO1. The van der Waals surface area contributed by atoms with Crippen LogP contribution in [0.25, 0.3) is 0 Å². The van der Waals surface area contributed by atoms with E-state index in [2.05, 4.69) is 21.6 Å². The molecule has 0 radical (unpaired) electrons. The van der Waals surface area contributed by atoms with E-state index in [0.717, 1.165) is 16.7 Å². The first kappa shape index (κ1) is 33.4. The molecule has 2 unspecified atom stereocenters. The molecule has 0 bridgehead atoms. The van der Waals surface area contributed by atoms with E-state index >= 15 is 0 Å². The third-order valence-corrected chi connectivity index (χ3v) is 7.74. The molecule has 0 spiro atoms. The van der Waals surface area contributed by atoms with Gasteiger partial charge in [0.2, 0.25) is 0 Å². The minimum absolute atomic E-state index is 0.0115. The molecular weight excluding hydrogens is 612 g/mol. The maximum absolute atomic E-state index is 12.9. The lowest BCUT2D eigenvalue weighted by Gasteiger charge is -2.25. The zero-order valence-corrected chi connectivity index (χ0v) is 26.4. The molecule has 0 aromatic heterocycles. The van der Waals surface area contributed by atoms with Gasteiger partial charge in [0.1, 0.15) is 11.5 Å². The number of allylic oxidation sites excluding steroid dienone is 2. The molecule has 12 heteroatoms. The monoisotopic (exact) mass is 648 g/mol. The van der Waals surface area contributed by atoms with Gasteiger partial charge in [0.15, 0.2) is 11.1 Å². The van der Waals surface area contributed by atoms with Crippen molar-refractivity contribution in [2.24, 2.45) is 0 Å². The number of nitrogens with zero attached hydrogens (tertiary/aromatic N) is 1. The van der Waals surface area contributed by atoms with Crippen LogP contribution < -0.4 is 27.3 Å². The number of carbonyl (C=O) groups excluding carboxylic acids is 2. The molecule has 0 fully saturated rings.